The molecule has 1 rings (SSSR count). The van der Waals surface area contributed by atoms with Crippen molar-refractivity contribution in [3.8, 4) is 0 Å². The van der Waals surface area contributed by atoms with Crippen molar-refractivity contribution in [3.63, 3.8) is 0 Å². The Balaban J connectivity index is 3.10. The molecule has 0 saturated carbocycles. The number of likely N-dealkylation sites (N-methyl/N-ethyl adjacent to an activating group) is 1. The number of hydrogen-bond acceptors (Lipinski definition) is 2. The Morgan fingerprint density at radius 3 is 2.33 bits per heavy atom. The molecule has 0 aliphatic rings. The summed E-state index contributed by atoms with van der Waals surface area (Å²) in [4.78, 5) is 23.2. The van der Waals surface area contributed by atoms with Gasteiger partial charge in [-0.3, -0.25) is 9.59 Å². The third-order valence-corrected chi connectivity index (χ3v) is 2.20. The van der Waals surface area contributed by atoms with Crippen LogP contribution in [0, 0.1) is 0 Å². The molecule has 0 unspecified atom stereocenters. The Kier molecular flexibility index (Phi) is 3.95. The second kappa shape index (κ2) is 5.07. The third kappa shape index (κ3) is 3.22. The summed E-state index contributed by atoms with van der Waals surface area (Å²) in [7, 11) is 1.21. The summed E-state index contributed by atoms with van der Waals surface area (Å²) in [6.45, 7) is -0.439. The van der Waals surface area contributed by atoms with E-state index in [0.717, 1.165) is 17.0 Å². The first-order valence-corrected chi connectivity index (χ1v) is 4.93. The van der Waals surface area contributed by atoms with E-state index in [1.54, 1.807) is 0 Å². The van der Waals surface area contributed by atoms with Crippen LogP contribution >= 0.6 is 0 Å². The van der Waals surface area contributed by atoms with Crippen molar-refractivity contribution >= 4 is 11.8 Å². The fourth-order valence-corrected chi connectivity index (χ4v) is 1.43. The van der Waals surface area contributed by atoms with Crippen molar-refractivity contribution in [1.82, 2.24) is 4.90 Å². The Bertz CT molecular complexity index is 472. The van der Waals surface area contributed by atoms with Gasteiger partial charge in [0, 0.05) is 7.05 Å². The molecule has 1 aromatic carbocycles. The maximum atomic E-state index is 12.7. The first kappa shape index (κ1) is 14.0. The maximum absolute atomic E-state index is 12.7. The molecule has 0 heterocycles. The summed E-state index contributed by atoms with van der Waals surface area (Å²) >= 11 is 0. The minimum atomic E-state index is -4.63. The van der Waals surface area contributed by atoms with E-state index in [2.05, 4.69) is 0 Å². The topological polar surface area (TPSA) is 63.4 Å². The highest BCUT2D eigenvalue weighted by Gasteiger charge is 2.35. The number of hydrogen-bond donors (Lipinski definition) is 1. The van der Waals surface area contributed by atoms with Gasteiger partial charge in [0.05, 0.1) is 17.7 Å². The Labute approximate surface area is 101 Å². The Morgan fingerprint density at radius 2 is 1.83 bits per heavy atom. The number of benzene rings is 1. The van der Waals surface area contributed by atoms with Crippen LogP contribution in [-0.4, -0.2) is 30.3 Å². The highest BCUT2D eigenvalue weighted by Crippen LogP contribution is 2.32. The first-order chi connectivity index (χ1) is 8.23. The SMILES string of the molecule is CN(CC(N)=O)C(=O)c1ccccc1C(F)(F)F. The van der Waals surface area contributed by atoms with E-state index in [9.17, 15) is 22.8 Å². The number of primary amides is 1. The number of nitrogens with two attached hydrogens (primary N) is 1. The molecule has 0 fully saturated rings. The monoisotopic (exact) mass is 260 g/mol. The van der Waals surface area contributed by atoms with E-state index in [1.807, 2.05) is 0 Å². The van der Waals surface area contributed by atoms with Gasteiger partial charge in [0.15, 0.2) is 0 Å². The minimum absolute atomic E-state index is 0.439. The molecule has 4 nitrogen and oxygen atoms in total. The molecule has 18 heavy (non-hydrogen) atoms. The summed E-state index contributed by atoms with van der Waals surface area (Å²) in [5.41, 5.74) is 3.34. The summed E-state index contributed by atoms with van der Waals surface area (Å²) in [6, 6.07) is 4.38. The minimum Gasteiger partial charge on any atom is -0.368 e. The second-order valence-electron chi connectivity index (χ2n) is 3.67. The number of rotatable bonds is 3. The molecule has 7 heteroatoms. The molecule has 0 saturated heterocycles. The van der Waals surface area contributed by atoms with E-state index in [0.29, 0.717) is 0 Å². The van der Waals surface area contributed by atoms with Crippen LogP contribution in [0.15, 0.2) is 24.3 Å². The summed E-state index contributed by atoms with van der Waals surface area (Å²) < 4.78 is 38.0. The molecular formula is C11H11F3N2O2. The predicted octanol–water partition coefficient (Wildman–Crippen LogP) is 1.26. The first-order valence-electron chi connectivity index (χ1n) is 4.93. The fourth-order valence-electron chi connectivity index (χ4n) is 1.43. The van der Waals surface area contributed by atoms with Gasteiger partial charge in [-0.25, -0.2) is 0 Å². The van der Waals surface area contributed by atoms with Gasteiger partial charge in [0.1, 0.15) is 0 Å². The van der Waals surface area contributed by atoms with Gasteiger partial charge in [-0.1, -0.05) is 12.1 Å². The normalized spacial score (nSPS) is 11.1. The molecule has 0 radical (unpaired) electrons. The number of halogens is 3. The number of nitrogens with zero attached hydrogens (tertiary/aromatic N) is 1. The largest absolute Gasteiger partial charge is 0.417 e. The zero-order valence-electron chi connectivity index (χ0n) is 9.49. The molecule has 0 aromatic heterocycles. The lowest BCUT2D eigenvalue weighted by atomic mass is 10.1. The van der Waals surface area contributed by atoms with Crippen LogP contribution in [0.2, 0.25) is 0 Å². The van der Waals surface area contributed by atoms with E-state index < -0.39 is 35.7 Å². The van der Waals surface area contributed by atoms with Gasteiger partial charge < -0.3 is 10.6 Å². The van der Waals surface area contributed by atoms with Gasteiger partial charge in [-0.15, -0.1) is 0 Å². The summed E-state index contributed by atoms with van der Waals surface area (Å²) in [6.07, 6.45) is -4.63. The maximum Gasteiger partial charge on any atom is 0.417 e. The third-order valence-electron chi connectivity index (χ3n) is 2.20. The Morgan fingerprint density at radius 1 is 1.28 bits per heavy atom. The molecule has 0 bridgehead atoms. The standard InChI is InChI=1S/C11H11F3N2O2/c1-16(6-9(15)17)10(18)7-4-2-3-5-8(7)11(12,13)14/h2-5H,6H2,1H3,(H2,15,17). The highest BCUT2D eigenvalue weighted by molar-refractivity contribution is 5.97. The van der Waals surface area contributed by atoms with E-state index >= 15 is 0 Å². The van der Waals surface area contributed by atoms with Crippen molar-refractivity contribution in [1.29, 1.82) is 0 Å². The van der Waals surface area contributed by atoms with Crippen LogP contribution in [0.25, 0.3) is 0 Å². The lowest BCUT2D eigenvalue weighted by Gasteiger charge is -2.18. The lowest BCUT2D eigenvalue weighted by Crippen LogP contribution is -2.36. The van der Waals surface area contributed by atoms with Crippen LogP contribution in [0.5, 0.6) is 0 Å². The van der Waals surface area contributed by atoms with Crippen LogP contribution in [0.1, 0.15) is 15.9 Å². The quantitative estimate of drug-likeness (QED) is 0.889. The molecular weight excluding hydrogens is 249 g/mol. The molecule has 1 aromatic rings. The van der Waals surface area contributed by atoms with Crippen molar-refractivity contribution < 1.29 is 22.8 Å². The van der Waals surface area contributed by atoms with E-state index in [1.165, 1.54) is 19.2 Å². The lowest BCUT2D eigenvalue weighted by molar-refractivity contribution is -0.138. The van der Waals surface area contributed by atoms with Crippen molar-refractivity contribution in [2.75, 3.05) is 13.6 Å². The second-order valence-corrected chi connectivity index (χ2v) is 3.67. The van der Waals surface area contributed by atoms with E-state index in [-0.39, 0.29) is 0 Å². The Hall–Kier alpha value is -2.05. The molecule has 2 amide bonds. The van der Waals surface area contributed by atoms with Crippen LogP contribution < -0.4 is 5.73 Å². The van der Waals surface area contributed by atoms with Crippen molar-refractivity contribution in [2.24, 2.45) is 5.73 Å². The summed E-state index contributed by atoms with van der Waals surface area (Å²) in [5, 5.41) is 0. The average Bonchev–Trinajstić information content (AvgIpc) is 2.26. The fraction of sp³-hybridized carbons (Fsp3) is 0.273. The van der Waals surface area contributed by atoms with Gasteiger partial charge in [0.2, 0.25) is 5.91 Å². The van der Waals surface area contributed by atoms with Crippen LogP contribution in [0.3, 0.4) is 0 Å². The number of carbonyl (C=O) groups is 2. The summed E-state index contributed by atoms with van der Waals surface area (Å²) in [5.74, 6) is -1.70. The van der Waals surface area contributed by atoms with Crippen molar-refractivity contribution in [2.45, 2.75) is 6.18 Å². The van der Waals surface area contributed by atoms with Gasteiger partial charge in [-0.2, -0.15) is 13.2 Å². The van der Waals surface area contributed by atoms with Gasteiger partial charge in [-0.05, 0) is 12.1 Å². The molecule has 0 aliphatic heterocycles. The van der Waals surface area contributed by atoms with Crippen molar-refractivity contribution in [3.05, 3.63) is 35.4 Å². The van der Waals surface area contributed by atoms with Crippen LogP contribution in [0.4, 0.5) is 13.2 Å². The van der Waals surface area contributed by atoms with Gasteiger partial charge in [0.25, 0.3) is 5.91 Å². The smallest absolute Gasteiger partial charge is 0.368 e. The molecule has 0 aliphatic carbocycles. The van der Waals surface area contributed by atoms with Crippen LogP contribution in [-0.2, 0) is 11.0 Å². The molecule has 2 N–H and O–H groups in total. The zero-order valence-corrected chi connectivity index (χ0v) is 9.49. The van der Waals surface area contributed by atoms with Gasteiger partial charge >= 0.3 is 6.18 Å². The molecule has 98 valence electrons. The molecule has 0 atom stereocenters. The number of carbonyl (C=O) groups excluding carboxylic acids is 2. The van der Waals surface area contributed by atoms with E-state index in [4.69, 9.17) is 5.73 Å². The zero-order chi connectivity index (χ0) is 13.9. The molecule has 0 spiro atoms. The highest BCUT2D eigenvalue weighted by atomic mass is 19.4. The predicted molar refractivity (Wildman–Crippen MR) is 57.6 cm³/mol. The number of alkyl halides is 3. The average molecular weight is 260 g/mol. The number of amides is 2.